The van der Waals surface area contributed by atoms with Gasteiger partial charge in [0.1, 0.15) is 5.82 Å². The predicted octanol–water partition coefficient (Wildman–Crippen LogP) is 4.50. The number of hydrogen-bond acceptors (Lipinski definition) is 3. The van der Waals surface area contributed by atoms with Gasteiger partial charge in [-0.2, -0.15) is 0 Å². The highest BCUT2D eigenvalue weighted by molar-refractivity contribution is 6.32. The van der Waals surface area contributed by atoms with Crippen LogP contribution in [0.1, 0.15) is 16.1 Å². The monoisotopic (exact) mass is 363 g/mol. The summed E-state index contributed by atoms with van der Waals surface area (Å²) in [4.78, 5) is 20.2. The average Bonchev–Trinajstić information content (AvgIpc) is 2.99. The number of fused-ring (bicyclic) bond motifs is 1. The van der Waals surface area contributed by atoms with Crippen molar-refractivity contribution in [1.29, 1.82) is 0 Å². The summed E-state index contributed by atoms with van der Waals surface area (Å²) in [6.45, 7) is 0.340. The van der Waals surface area contributed by atoms with Gasteiger partial charge in [0, 0.05) is 18.0 Å². The van der Waals surface area contributed by atoms with E-state index in [1.165, 1.54) is 0 Å². The van der Waals surface area contributed by atoms with E-state index in [0.717, 1.165) is 16.3 Å². The lowest BCUT2D eigenvalue weighted by atomic mass is 10.0. The van der Waals surface area contributed by atoms with Crippen molar-refractivity contribution < 1.29 is 9.90 Å². The number of rotatable bonds is 4. The van der Waals surface area contributed by atoms with Crippen molar-refractivity contribution in [3.05, 3.63) is 83.4 Å². The Balaban J connectivity index is 1.91. The third-order valence-corrected chi connectivity index (χ3v) is 4.52. The summed E-state index contributed by atoms with van der Waals surface area (Å²) in [5, 5.41) is 11.8. The molecule has 0 fully saturated rings. The lowest BCUT2D eigenvalue weighted by Crippen LogP contribution is -2.11. The summed E-state index contributed by atoms with van der Waals surface area (Å²) in [7, 11) is 0. The van der Waals surface area contributed by atoms with E-state index in [2.05, 4.69) is 9.97 Å². The zero-order chi connectivity index (χ0) is 18.1. The number of aromatic nitrogens is 3. The van der Waals surface area contributed by atoms with Gasteiger partial charge < -0.3 is 9.67 Å². The number of nitrogens with zero attached hydrogens (tertiary/aromatic N) is 3. The quantitative estimate of drug-likeness (QED) is 0.579. The molecule has 0 saturated heterocycles. The minimum atomic E-state index is -1.11. The fourth-order valence-corrected chi connectivity index (χ4v) is 3.36. The first kappa shape index (κ1) is 16.3. The average molecular weight is 364 g/mol. The van der Waals surface area contributed by atoms with Gasteiger partial charge >= 0.3 is 5.97 Å². The van der Waals surface area contributed by atoms with Gasteiger partial charge in [-0.25, -0.2) is 9.78 Å². The van der Waals surface area contributed by atoms with Crippen molar-refractivity contribution in [1.82, 2.24) is 14.5 Å². The summed E-state index contributed by atoms with van der Waals surface area (Å²) in [5.41, 5.74) is 1.67. The number of imidazole rings is 1. The first-order valence-corrected chi connectivity index (χ1v) is 8.39. The van der Waals surface area contributed by atoms with Crippen LogP contribution < -0.4 is 0 Å². The number of halogens is 1. The fourth-order valence-electron chi connectivity index (χ4n) is 3.10. The van der Waals surface area contributed by atoms with Crippen molar-refractivity contribution in [2.75, 3.05) is 0 Å². The Hall–Kier alpha value is -3.18. The van der Waals surface area contributed by atoms with E-state index < -0.39 is 5.97 Å². The first-order valence-electron chi connectivity index (χ1n) is 8.01. The number of carboxylic acids is 1. The minimum Gasteiger partial charge on any atom is -0.476 e. The minimum absolute atomic E-state index is 0.0292. The number of carboxylic acid groups (broad SMARTS) is 1. The highest BCUT2D eigenvalue weighted by Gasteiger charge is 2.23. The molecule has 26 heavy (non-hydrogen) atoms. The summed E-state index contributed by atoms with van der Waals surface area (Å²) in [6, 6.07) is 17.6. The number of benzene rings is 2. The topological polar surface area (TPSA) is 68.0 Å². The lowest BCUT2D eigenvalue weighted by molar-refractivity contribution is 0.0686. The molecule has 2 heterocycles. The van der Waals surface area contributed by atoms with Crippen LogP contribution in [-0.2, 0) is 6.54 Å². The molecule has 2 aromatic carbocycles. The molecule has 0 spiro atoms. The molecule has 128 valence electrons. The van der Waals surface area contributed by atoms with E-state index in [4.69, 9.17) is 11.6 Å². The van der Waals surface area contributed by atoms with Crippen LogP contribution in [0.25, 0.3) is 22.2 Å². The predicted molar refractivity (Wildman–Crippen MR) is 100 cm³/mol. The van der Waals surface area contributed by atoms with Gasteiger partial charge in [0.25, 0.3) is 0 Å². The molecule has 1 N–H and O–H groups in total. The van der Waals surface area contributed by atoms with E-state index in [1.807, 2.05) is 48.5 Å². The van der Waals surface area contributed by atoms with Crippen molar-refractivity contribution in [3.63, 3.8) is 0 Å². The zero-order valence-electron chi connectivity index (χ0n) is 13.6. The molecule has 0 amide bonds. The largest absolute Gasteiger partial charge is 0.476 e. The van der Waals surface area contributed by atoms with Crippen LogP contribution in [0.5, 0.6) is 0 Å². The van der Waals surface area contributed by atoms with E-state index in [0.29, 0.717) is 17.9 Å². The normalized spacial score (nSPS) is 11.0. The van der Waals surface area contributed by atoms with E-state index in [1.54, 1.807) is 23.0 Å². The molecule has 0 atom stereocenters. The van der Waals surface area contributed by atoms with Crippen molar-refractivity contribution in [2.24, 2.45) is 0 Å². The molecule has 0 aliphatic heterocycles. The molecule has 0 saturated carbocycles. The third-order valence-electron chi connectivity index (χ3n) is 4.26. The number of carbonyl (C=O) groups is 1. The Bertz CT molecular complexity index is 1100. The van der Waals surface area contributed by atoms with Crippen LogP contribution >= 0.6 is 11.6 Å². The van der Waals surface area contributed by atoms with Crippen LogP contribution in [0.4, 0.5) is 0 Å². The van der Waals surface area contributed by atoms with Crippen LogP contribution in [-0.4, -0.2) is 25.6 Å². The van der Waals surface area contributed by atoms with Crippen LogP contribution in [0.2, 0.25) is 5.15 Å². The Morgan fingerprint density at radius 1 is 1.08 bits per heavy atom. The molecule has 2 aromatic heterocycles. The van der Waals surface area contributed by atoms with Gasteiger partial charge in [-0.1, -0.05) is 54.1 Å². The van der Waals surface area contributed by atoms with Crippen molar-refractivity contribution >= 4 is 28.3 Å². The van der Waals surface area contributed by atoms with Crippen molar-refractivity contribution in [3.8, 4) is 11.4 Å². The summed E-state index contributed by atoms with van der Waals surface area (Å²) >= 11 is 6.15. The maximum absolute atomic E-state index is 11.8. The molecule has 0 bridgehead atoms. The van der Waals surface area contributed by atoms with Gasteiger partial charge in [-0.15, -0.1) is 0 Å². The second-order valence-corrected chi connectivity index (χ2v) is 6.20. The summed E-state index contributed by atoms with van der Waals surface area (Å²) < 4.78 is 1.63. The molecule has 0 aliphatic rings. The SMILES string of the molecule is O=C(O)c1c(Cl)nc(-c2cccnc2)n1Cc1cccc2ccccc12. The first-order chi connectivity index (χ1) is 12.6. The van der Waals surface area contributed by atoms with E-state index in [-0.39, 0.29) is 10.8 Å². The maximum atomic E-state index is 11.8. The molecule has 0 radical (unpaired) electrons. The zero-order valence-corrected chi connectivity index (χ0v) is 14.4. The summed E-state index contributed by atoms with van der Waals surface area (Å²) in [5.74, 6) is -0.633. The summed E-state index contributed by atoms with van der Waals surface area (Å²) in [6.07, 6.45) is 3.30. The lowest BCUT2D eigenvalue weighted by Gasteiger charge is -2.12. The van der Waals surface area contributed by atoms with Crippen LogP contribution in [0.3, 0.4) is 0 Å². The molecule has 0 unspecified atom stereocenters. The molecule has 5 nitrogen and oxygen atoms in total. The van der Waals surface area contributed by atoms with Crippen molar-refractivity contribution in [2.45, 2.75) is 6.54 Å². The molecular formula is C20H14ClN3O2. The van der Waals surface area contributed by atoms with E-state index in [9.17, 15) is 9.90 Å². The number of aromatic carboxylic acids is 1. The van der Waals surface area contributed by atoms with Gasteiger partial charge in [0.05, 0.1) is 6.54 Å². The number of pyridine rings is 1. The van der Waals surface area contributed by atoms with Gasteiger partial charge in [0.2, 0.25) is 0 Å². The van der Waals surface area contributed by atoms with Gasteiger partial charge in [0.15, 0.2) is 10.8 Å². The Morgan fingerprint density at radius 2 is 1.88 bits per heavy atom. The van der Waals surface area contributed by atoms with E-state index >= 15 is 0 Å². The second kappa shape index (κ2) is 6.61. The van der Waals surface area contributed by atoms with Gasteiger partial charge in [-0.3, -0.25) is 4.98 Å². The second-order valence-electron chi connectivity index (χ2n) is 5.85. The smallest absolute Gasteiger partial charge is 0.355 e. The highest BCUT2D eigenvalue weighted by Crippen LogP contribution is 2.28. The Morgan fingerprint density at radius 3 is 2.65 bits per heavy atom. The van der Waals surface area contributed by atoms with Crippen LogP contribution in [0.15, 0.2) is 67.0 Å². The maximum Gasteiger partial charge on any atom is 0.355 e. The van der Waals surface area contributed by atoms with Gasteiger partial charge in [-0.05, 0) is 28.5 Å². The Kier molecular flexibility index (Phi) is 4.14. The van der Waals surface area contributed by atoms with Crippen LogP contribution in [0, 0.1) is 0 Å². The highest BCUT2D eigenvalue weighted by atomic mass is 35.5. The number of hydrogen-bond donors (Lipinski definition) is 1. The Labute approximate surface area is 154 Å². The molecule has 4 aromatic rings. The third kappa shape index (κ3) is 2.82. The fraction of sp³-hybridized carbons (Fsp3) is 0.0500. The standard InChI is InChI=1S/C20H14ClN3O2/c21-18-17(20(25)26)24(19(23-18)14-8-4-10-22-11-14)12-15-7-3-6-13-5-1-2-9-16(13)15/h1-11H,12H2,(H,25,26). The molecule has 0 aliphatic carbocycles. The molecule has 4 rings (SSSR count). The molecular weight excluding hydrogens is 350 g/mol. The molecule has 6 heteroatoms.